The maximum absolute atomic E-state index is 13.7. The number of aromatic hydroxyl groups is 1. The third-order valence-electron chi connectivity index (χ3n) is 2.71. The molecule has 0 amide bonds. The molecule has 0 aromatic heterocycles. The van der Waals surface area contributed by atoms with Gasteiger partial charge in [-0.1, -0.05) is 34.1 Å². The average molecular weight is 310 g/mol. The maximum atomic E-state index is 13.7. The predicted octanol–water partition coefficient (Wildman–Crippen LogP) is 4.47. The quantitative estimate of drug-likeness (QED) is 0.877. The summed E-state index contributed by atoms with van der Waals surface area (Å²) in [6.07, 6.45) is 0. The number of halogens is 2. The van der Waals surface area contributed by atoms with E-state index in [9.17, 15) is 9.50 Å². The zero-order valence-electron chi connectivity index (χ0n) is 9.82. The second-order valence-corrected chi connectivity index (χ2v) is 4.96. The molecule has 4 heteroatoms. The highest BCUT2D eigenvalue weighted by atomic mass is 79.9. The van der Waals surface area contributed by atoms with Crippen molar-refractivity contribution in [2.75, 3.05) is 5.32 Å². The minimum Gasteiger partial charge on any atom is -0.508 e. The lowest BCUT2D eigenvalue weighted by Crippen LogP contribution is -2.08. The van der Waals surface area contributed by atoms with Gasteiger partial charge in [-0.05, 0) is 31.2 Å². The Bertz CT molecular complexity index is 559. The summed E-state index contributed by atoms with van der Waals surface area (Å²) in [4.78, 5) is 0. The topological polar surface area (TPSA) is 32.3 Å². The molecule has 0 fully saturated rings. The second kappa shape index (κ2) is 5.40. The van der Waals surface area contributed by atoms with Crippen LogP contribution >= 0.6 is 15.9 Å². The van der Waals surface area contributed by atoms with Gasteiger partial charge in [-0.15, -0.1) is 0 Å². The van der Waals surface area contributed by atoms with Crippen LogP contribution in [0.15, 0.2) is 46.9 Å². The molecule has 0 aliphatic heterocycles. The number of phenolic OH excluding ortho intramolecular Hbond substituents is 1. The number of anilines is 1. The first-order chi connectivity index (χ1) is 8.58. The van der Waals surface area contributed by atoms with E-state index in [0.717, 1.165) is 5.56 Å². The lowest BCUT2D eigenvalue weighted by molar-refractivity contribution is 0.465. The van der Waals surface area contributed by atoms with E-state index < -0.39 is 0 Å². The van der Waals surface area contributed by atoms with Gasteiger partial charge in [0.05, 0.1) is 11.7 Å². The van der Waals surface area contributed by atoms with Crippen LogP contribution in [0.1, 0.15) is 18.5 Å². The largest absolute Gasteiger partial charge is 0.508 e. The first-order valence-corrected chi connectivity index (χ1v) is 6.36. The molecule has 0 radical (unpaired) electrons. The lowest BCUT2D eigenvalue weighted by Gasteiger charge is -2.17. The van der Waals surface area contributed by atoms with Crippen LogP contribution in [0, 0.1) is 5.82 Å². The number of phenols is 1. The van der Waals surface area contributed by atoms with Gasteiger partial charge >= 0.3 is 0 Å². The van der Waals surface area contributed by atoms with Crippen molar-refractivity contribution >= 4 is 21.6 Å². The SMILES string of the molecule is CC(Nc1ccc(Br)cc1F)c1ccccc1O. The Kier molecular flexibility index (Phi) is 3.87. The van der Waals surface area contributed by atoms with E-state index in [2.05, 4.69) is 21.2 Å². The molecule has 0 aliphatic rings. The molecule has 2 rings (SSSR count). The van der Waals surface area contributed by atoms with Crippen LogP contribution in [-0.2, 0) is 0 Å². The van der Waals surface area contributed by atoms with Crippen LogP contribution in [0.5, 0.6) is 5.75 Å². The zero-order chi connectivity index (χ0) is 13.1. The van der Waals surface area contributed by atoms with Gasteiger partial charge in [0.15, 0.2) is 0 Å². The van der Waals surface area contributed by atoms with Gasteiger partial charge in [0.1, 0.15) is 11.6 Å². The molecular formula is C14H13BrFNO. The molecule has 2 N–H and O–H groups in total. The van der Waals surface area contributed by atoms with E-state index in [1.807, 2.05) is 19.1 Å². The number of hydrogen-bond acceptors (Lipinski definition) is 2. The van der Waals surface area contributed by atoms with E-state index in [1.165, 1.54) is 6.07 Å². The van der Waals surface area contributed by atoms with Crippen LogP contribution in [-0.4, -0.2) is 5.11 Å². The summed E-state index contributed by atoms with van der Waals surface area (Å²) in [5.41, 5.74) is 1.15. The maximum Gasteiger partial charge on any atom is 0.147 e. The summed E-state index contributed by atoms with van der Waals surface area (Å²) in [6.45, 7) is 1.87. The number of nitrogens with one attached hydrogen (secondary N) is 1. The molecule has 2 aromatic carbocycles. The molecule has 18 heavy (non-hydrogen) atoms. The Balaban J connectivity index is 2.21. The van der Waals surface area contributed by atoms with E-state index in [4.69, 9.17) is 0 Å². The highest BCUT2D eigenvalue weighted by Gasteiger charge is 2.11. The molecule has 1 unspecified atom stereocenters. The standard InChI is InChI=1S/C14H13BrFNO/c1-9(11-4-2-3-5-14(11)18)17-13-7-6-10(15)8-12(13)16/h2-9,17-18H,1H3. The van der Waals surface area contributed by atoms with Crippen molar-refractivity contribution in [1.29, 1.82) is 0 Å². The first kappa shape index (κ1) is 12.9. The second-order valence-electron chi connectivity index (χ2n) is 4.05. The number of rotatable bonds is 3. The minimum atomic E-state index is -0.327. The summed E-state index contributed by atoms with van der Waals surface area (Å²) in [7, 11) is 0. The van der Waals surface area contributed by atoms with E-state index in [0.29, 0.717) is 10.2 Å². The first-order valence-electron chi connectivity index (χ1n) is 5.57. The fourth-order valence-corrected chi connectivity index (χ4v) is 2.10. The molecule has 2 nitrogen and oxygen atoms in total. The van der Waals surface area contributed by atoms with Crippen molar-refractivity contribution in [2.45, 2.75) is 13.0 Å². The summed E-state index contributed by atoms with van der Waals surface area (Å²) >= 11 is 3.21. The Hall–Kier alpha value is -1.55. The Labute approximate surface area is 114 Å². The molecule has 0 aliphatic carbocycles. The molecule has 1 atom stereocenters. The summed E-state index contributed by atoms with van der Waals surface area (Å²) < 4.78 is 14.4. The normalized spacial score (nSPS) is 12.2. The number of para-hydroxylation sites is 1. The molecule has 94 valence electrons. The number of hydrogen-bond donors (Lipinski definition) is 2. The highest BCUT2D eigenvalue weighted by Crippen LogP contribution is 2.28. The fourth-order valence-electron chi connectivity index (χ4n) is 1.77. The van der Waals surface area contributed by atoms with Crippen molar-refractivity contribution < 1.29 is 9.50 Å². The van der Waals surface area contributed by atoms with Crippen LogP contribution in [0.3, 0.4) is 0 Å². The van der Waals surface area contributed by atoms with Crippen molar-refractivity contribution in [3.05, 3.63) is 58.3 Å². The third kappa shape index (κ3) is 2.82. The molecular weight excluding hydrogens is 297 g/mol. The smallest absolute Gasteiger partial charge is 0.147 e. The van der Waals surface area contributed by atoms with Gasteiger partial charge in [0.2, 0.25) is 0 Å². The average Bonchev–Trinajstić information content (AvgIpc) is 2.33. The molecule has 0 saturated heterocycles. The molecule has 0 heterocycles. The van der Waals surface area contributed by atoms with Gasteiger partial charge in [-0.25, -0.2) is 4.39 Å². The summed E-state index contributed by atoms with van der Waals surface area (Å²) in [6, 6.07) is 11.7. The van der Waals surface area contributed by atoms with Gasteiger partial charge in [0, 0.05) is 10.0 Å². The molecule has 0 saturated carbocycles. The Morgan fingerprint density at radius 1 is 1.22 bits per heavy atom. The third-order valence-corrected chi connectivity index (χ3v) is 3.20. The van der Waals surface area contributed by atoms with E-state index in [1.54, 1.807) is 24.3 Å². The lowest BCUT2D eigenvalue weighted by atomic mass is 10.1. The van der Waals surface area contributed by atoms with E-state index >= 15 is 0 Å². The van der Waals surface area contributed by atoms with Crippen LogP contribution in [0.4, 0.5) is 10.1 Å². The monoisotopic (exact) mass is 309 g/mol. The highest BCUT2D eigenvalue weighted by molar-refractivity contribution is 9.10. The minimum absolute atomic E-state index is 0.179. The van der Waals surface area contributed by atoms with Crippen LogP contribution in [0.2, 0.25) is 0 Å². The van der Waals surface area contributed by atoms with Crippen LogP contribution in [0.25, 0.3) is 0 Å². The fraction of sp³-hybridized carbons (Fsp3) is 0.143. The van der Waals surface area contributed by atoms with Crippen molar-refractivity contribution in [3.8, 4) is 5.75 Å². The Morgan fingerprint density at radius 3 is 2.61 bits per heavy atom. The summed E-state index contributed by atoms with van der Waals surface area (Å²) in [5, 5.41) is 12.8. The van der Waals surface area contributed by atoms with E-state index in [-0.39, 0.29) is 17.6 Å². The van der Waals surface area contributed by atoms with Crippen molar-refractivity contribution in [2.24, 2.45) is 0 Å². The van der Waals surface area contributed by atoms with Gasteiger partial charge in [0.25, 0.3) is 0 Å². The van der Waals surface area contributed by atoms with Gasteiger partial charge < -0.3 is 10.4 Å². The summed E-state index contributed by atoms with van der Waals surface area (Å²) in [5.74, 6) is -0.123. The molecule has 0 bridgehead atoms. The molecule has 0 spiro atoms. The van der Waals surface area contributed by atoms with Crippen molar-refractivity contribution in [1.82, 2.24) is 0 Å². The van der Waals surface area contributed by atoms with Gasteiger partial charge in [-0.3, -0.25) is 0 Å². The molecule has 2 aromatic rings. The predicted molar refractivity (Wildman–Crippen MR) is 74.2 cm³/mol. The number of benzene rings is 2. The van der Waals surface area contributed by atoms with Crippen LogP contribution < -0.4 is 5.32 Å². The van der Waals surface area contributed by atoms with Crippen molar-refractivity contribution in [3.63, 3.8) is 0 Å². The van der Waals surface area contributed by atoms with Gasteiger partial charge in [-0.2, -0.15) is 0 Å². The Morgan fingerprint density at radius 2 is 1.94 bits per heavy atom. The zero-order valence-corrected chi connectivity index (χ0v) is 11.4.